The van der Waals surface area contributed by atoms with Crippen LogP contribution in [-0.2, 0) is 16.0 Å². The van der Waals surface area contributed by atoms with Gasteiger partial charge in [-0.15, -0.1) is 0 Å². The molecule has 0 saturated carbocycles. The Morgan fingerprint density at radius 2 is 2.00 bits per heavy atom. The van der Waals surface area contributed by atoms with E-state index in [1.54, 1.807) is 25.1 Å². The van der Waals surface area contributed by atoms with Crippen molar-refractivity contribution in [1.82, 2.24) is 5.32 Å². The highest BCUT2D eigenvalue weighted by Gasteiger charge is 2.25. The van der Waals surface area contributed by atoms with E-state index < -0.39 is 12.0 Å². The molecule has 4 nitrogen and oxygen atoms in total. The molecule has 0 heterocycles. The summed E-state index contributed by atoms with van der Waals surface area (Å²) in [6, 6.07) is 3.95. The number of carbonyl (C=O) groups excluding carboxylic acids is 1. The van der Waals surface area contributed by atoms with E-state index in [0.29, 0.717) is 22.0 Å². The minimum atomic E-state index is -1.03. The second-order valence-corrected chi connectivity index (χ2v) is 5.53. The van der Waals surface area contributed by atoms with E-state index in [2.05, 4.69) is 5.32 Å². The zero-order valence-electron chi connectivity index (χ0n) is 11.3. The summed E-state index contributed by atoms with van der Waals surface area (Å²) in [5.41, 5.74) is 0.613. The molecule has 20 heavy (non-hydrogen) atoms. The van der Waals surface area contributed by atoms with Gasteiger partial charge in [-0.3, -0.25) is 4.79 Å². The Morgan fingerprint density at radius 3 is 2.50 bits per heavy atom. The van der Waals surface area contributed by atoms with Crippen molar-refractivity contribution in [1.29, 1.82) is 0 Å². The Bertz CT molecular complexity index is 505. The fourth-order valence-electron chi connectivity index (χ4n) is 1.75. The quantitative estimate of drug-likeness (QED) is 0.847. The van der Waals surface area contributed by atoms with Crippen molar-refractivity contribution in [3.05, 3.63) is 33.8 Å². The van der Waals surface area contributed by atoms with Gasteiger partial charge in [-0.25, -0.2) is 4.79 Å². The van der Waals surface area contributed by atoms with Gasteiger partial charge in [0.05, 0.1) is 6.42 Å². The first-order valence-electron chi connectivity index (χ1n) is 6.31. The second kappa shape index (κ2) is 7.50. The number of carboxylic acids is 1. The molecule has 1 aromatic rings. The highest BCUT2D eigenvalue weighted by Crippen LogP contribution is 2.21. The van der Waals surface area contributed by atoms with Crippen LogP contribution in [-0.4, -0.2) is 23.0 Å². The molecule has 0 aliphatic heterocycles. The molecule has 0 aromatic heterocycles. The van der Waals surface area contributed by atoms with Gasteiger partial charge in [0.25, 0.3) is 0 Å². The molecule has 1 amide bonds. The summed E-state index contributed by atoms with van der Waals surface area (Å²) in [5.74, 6) is -1.55. The van der Waals surface area contributed by atoms with E-state index in [4.69, 9.17) is 28.3 Å². The molecule has 0 bridgehead atoms. The van der Waals surface area contributed by atoms with E-state index in [9.17, 15) is 9.59 Å². The predicted molar refractivity (Wildman–Crippen MR) is 79.2 cm³/mol. The molecule has 0 radical (unpaired) electrons. The molecule has 0 saturated heterocycles. The zero-order chi connectivity index (χ0) is 15.3. The number of benzene rings is 1. The van der Waals surface area contributed by atoms with Crippen LogP contribution in [0.5, 0.6) is 0 Å². The molecule has 0 aliphatic carbocycles. The standard InChI is InChI=1S/C14H17Cl2NO3/c1-3-8(2)13(14(19)20)17-12(18)6-9-4-5-10(15)7-11(9)16/h4-5,7-8,13H,3,6H2,1-2H3,(H,17,18)(H,19,20)/t8?,13-/m0/s1. The van der Waals surface area contributed by atoms with Crippen molar-refractivity contribution < 1.29 is 14.7 Å². The van der Waals surface area contributed by atoms with Crippen molar-refractivity contribution in [3.63, 3.8) is 0 Å². The fourth-order valence-corrected chi connectivity index (χ4v) is 2.22. The van der Waals surface area contributed by atoms with Crippen LogP contribution in [0, 0.1) is 5.92 Å². The van der Waals surface area contributed by atoms with Crippen LogP contribution in [0.3, 0.4) is 0 Å². The molecular weight excluding hydrogens is 301 g/mol. The van der Waals surface area contributed by atoms with Gasteiger partial charge in [-0.1, -0.05) is 49.5 Å². The first-order valence-corrected chi connectivity index (χ1v) is 7.06. The lowest BCUT2D eigenvalue weighted by Crippen LogP contribution is -2.45. The number of rotatable bonds is 6. The van der Waals surface area contributed by atoms with E-state index in [1.165, 1.54) is 0 Å². The van der Waals surface area contributed by atoms with Gasteiger partial charge in [-0.2, -0.15) is 0 Å². The zero-order valence-corrected chi connectivity index (χ0v) is 12.8. The van der Waals surface area contributed by atoms with Crippen LogP contribution in [0.25, 0.3) is 0 Å². The van der Waals surface area contributed by atoms with Crippen LogP contribution >= 0.6 is 23.2 Å². The number of halogens is 2. The first kappa shape index (κ1) is 16.8. The van der Waals surface area contributed by atoms with Gasteiger partial charge in [-0.05, 0) is 23.6 Å². The number of carbonyl (C=O) groups is 2. The van der Waals surface area contributed by atoms with E-state index in [-0.39, 0.29) is 18.2 Å². The van der Waals surface area contributed by atoms with Crippen LogP contribution in [0.1, 0.15) is 25.8 Å². The Morgan fingerprint density at radius 1 is 1.35 bits per heavy atom. The molecule has 2 N–H and O–H groups in total. The number of nitrogens with one attached hydrogen (secondary N) is 1. The van der Waals surface area contributed by atoms with Crippen LogP contribution in [0.2, 0.25) is 10.0 Å². The van der Waals surface area contributed by atoms with Gasteiger partial charge < -0.3 is 10.4 Å². The van der Waals surface area contributed by atoms with E-state index in [1.807, 2.05) is 6.92 Å². The molecule has 110 valence electrons. The average Bonchev–Trinajstić information content (AvgIpc) is 2.38. The molecule has 1 rings (SSSR count). The predicted octanol–water partition coefficient (Wildman–Crippen LogP) is 3.15. The van der Waals surface area contributed by atoms with Crippen molar-refractivity contribution >= 4 is 35.1 Å². The van der Waals surface area contributed by atoms with Gasteiger partial charge in [0, 0.05) is 10.0 Å². The third kappa shape index (κ3) is 4.69. The SMILES string of the molecule is CCC(C)[C@H](NC(=O)Cc1ccc(Cl)cc1Cl)C(=O)O. The first-order chi connectivity index (χ1) is 9.35. The maximum absolute atomic E-state index is 11.9. The van der Waals surface area contributed by atoms with E-state index in [0.717, 1.165) is 0 Å². The van der Waals surface area contributed by atoms with Crippen molar-refractivity contribution in [3.8, 4) is 0 Å². The lowest BCUT2D eigenvalue weighted by atomic mass is 9.99. The lowest BCUT2D eigenvalue weighted by molar-refractivity contribution is -0.143. The number of hydrogen-bond donors (Lipinski definition) is 2. The second-order valence-electron chi connectivity index (χ2n) is 4.68. The average molecular weight is 318 g/mol. The van der Waals surface area contributed by atoms with Crippen LogP contribution in [0.4, 0.5) is 0 Å². The lowest BCUT2D eigenvalue weighted by Gasteiger charge is -2.20. The Hall–Kier alpha value is -1.26. The molecule has 0 spiro atoms. The van der Waals surface area contributed by atoms with Gasteiger partial charge in [0.15, 0.2) is 0 Å². The van der Waals surface area contributed by atoms with Crippen LogP contribution in [0.15, 0.2) is 18.2 Å². The normalized spacial score (nSPS) is 13.6. The largest absolute Gasteiger partial charge is 0.480 e. The summed E-state index contributed by atoms with van der Waals surface area (Å²) >= 11 is 11.8. The molecule has 6 heteroatoms. The fraction of sp³-hybridized carbons (Fsp3) is 0.429. The van der Waals surface area contributed by atoms with Gasteiger partial charge in [0.1, 0.15) is 6.04 Å². The number of hydrogen-bond acceptors (Lipinski definition) is 2. The maximum Gasteiger partial charge on any atom is 0.326 e. The van der Waals surface area contributed by atoms with E-state index >= 15 is 0 Å². The number of amides is 1. The van der Waals surface area contributed by atoms with Crippen LogP contribution < -0.4 is 5.32 Å². The Balaban J connectivity index is 2.73. The molecular formula is C14H17Cl2NO3. The summed E-state index contributed by atoms with van der Waals surface area (Å²) < 4.78 is 0. The Kier molecular flexibility index (Phi) is 6.30. The monoisotopic (exact) mass is 317 g/mol. The summed E-state index contributed by atoms with van der Waals surface area (Å²) in [7, 11) is 0. The minimum Gasteiger partial charge on any atom is -0.480 e. The summed E-state index contributed by atoms with van der Waals surface area (Å²) in [6.45, 7) is 3.66. The van der Waals surface area contributed by atoms with Crippen molar-refractivity contribution in [2.45, 2.75) is 32.7 Å². The minimum absolute atomic E-state index is 0.0240. The smallest absolute Gasteiger partial charge is 0.326 e. The summed E-state index contributed by atoms with van der Waals surface area (Å²) in [6.07, 6.45) is 0.690. The van der Waals surface area contributed by atoms with Crippen molar-refractivity contribution in [2.75, 3.05) is 0 Å². The molecule has 0 aliphatic rings. The topological polar surface area (TPSA) is 66.4 Å². The number of aliphatic carboxylic acids is 1. The molecule has 1 unspecified atom stereocenters. The molecule has 1 aromatic carbocycles. The molecule has 0 fully saturated rings. The third-order valence-corrected chi connectivity index (χ3v) is 3.75. The summed E-state index contributed by atoms with van der Waals surface area (Å²) in [4.78, 5) is 23.1. The Labute approximate surface area is 128 Å². The molecule has 2 atom stereocenters. The van der Waals surface area contributed by atoms with Gasteiger partial charge in [0.2, 0.25) is 5.91 Å². The summed E-state index contributed by atoms with van der Waals surface area (Å²) in [5, 5.41) is 12.5. The third-order valence-electron chi connectivity index (χ3n) is 3.16. The van der Waals surface area contributed by atoms with Gasteiger partial charge >= 0.3 is 5.97 Å². The highest BCUT2D eigenvalue weighted by molar-refractivity contribution is 6.35. The number of carboxylic acid groups (broad SMARTS) is 1. The van der Waals surface area contributed by atoms with Crippen molar-refractivity contribution in [2.24, 2.45) is 5.92 Å². The maximum atomic E-state index is 11.9. The highest BCUT2D eigenvalue weighted by atomic mass is 35.5.